The highest BCUT2D eigenvalue weighted by molar-refractivity contribution is 5.85. The van der Waals surface area contributed by atoms with Crippen molar-refractivity contribution in [2.75, 3.05) is 6.61 Å². The second kappa shape index (κ2) is 8.34. The largest absolute Gasteiger partial charge is 0.465 e. The molecule has 1 heterocycles. The van der Waals surface area contributed by atoms with Crippen LogP contribution in [0.2, 0.25) is 0 Å². The molecule has 8 heteroatoms. The van der Waals surface area contributed by atoms with Crippen molar-refractivity contribution < 1.29 is 19.2 Å². The van der Waals surface area contributed by atoms with Gasteiger partial charge in [-0.2, -0.15) is 0 Å². The molecule has 2 unspecified atom stereocenters. The fourth-order valence-corrected chi connectivity index (χ4v) is 3.05. The van der Waals surface area contributed by atoms with E-state index in [1.807, 2.05) is 30.3 Å². The molecule has 2 aromatic carbocycles. The van der Waals surface area contributed by atoms with Crippen LogP contribution in [0.5, 0.6) is 0 Å². The molecule has 144 valence electrons. The third-order valence-electron chi connectivity index (χ3n) is 4.46. The van der Waals surface area contributed by atoms with Gasteiger partial charge in [0, 0.05) is 24.3 Å². The van der Waals surface area contributed by atoms with Gasteiger partial charge in [0.1, 0.15) is 5.92 Å². The lowest BCUT2D eigenvalue weighted by Crippen LogP contribution is -2.51. The summed E-state index contributed by atoms with van der Waals surface area (Å²) in [5.74, 6) is -1.38. The number of nitrogens with one attached hydrogen (secondary N) is 2. The van der Waals surface area contributed by atoms with E-state index in [1.54, 1.807) is 0 Å². The maximum Gasteiger partial charge on any atom is 0.319 e. The van der Waals surface area contributed by atoms with Crippen LogP contribution in [0.3, 0.4) is 0 Å². The smallest absolute Gasteiger partial charge is 0.319 e. The minimum Gasteiger partial charge on any atom is -0.465 e. The molecular weight excluding hydrogens is 362 g/mol. The summed E-state index contributed by atoms with van der Waals surface area (Å²) in [5.41, 5.74) is 1.73. The molecular formula is C20H19N3O5. The van der Waals surface area contributed by atoms with Crippen LogP contribution in [0.15, 0.2) is 66.9 Å². The van der Waals surface area contributed by atoms with Crippen LogP contribution in [0, 0.1) is 16.0 Å². The number of nitro groups is 1. The Hall–Kier alpha value is -3.68. The number of urea groups is 1. The second-order valence-corrected chi connectivity index (χ2v) is 6.33. The predicted octanol–water partition coefficient (Wildman–Crippen LogP) is 2.86. The molecule has 28 heavy (non-hydrogen) atoms. The number of benzene rings is 2. The normalized spacial score (nSPS) is 18.7. The van der Waals surface area contributed by atoms with E-state index >= 15 is 0 Å². The number of nitrogens with zero attached hydrogens (tertiary/aromatic N) is 1. The number of amides is 2. The molecule has 0 radical (unpaired) electrons. The first-order valence-corrected chi connectivity index (χ1v) is 8.67. The number of nitro benzene ring substituents is 1. The number of non-ortho nitro benzene ring substituents is 1. The molecule has 0 aromatic heterocycles. The van der Waals surface area contributed by atoms with E-state index < -0.39 is 28.9 Å². The van der Waals surface area contributed by atoms with E-state index in [0.717, 1.165) is 5.56 Å². The van der Waals surface area contributed by atoms with Gasteiger partial charge < -0.3 is 15.4 Å². The molecule has 0 saturated carbocycles. The third-order valence-corrected chi connectivity index (χ3v) is 4.46. The highest BCUT2D eigenvalue weighted by atomic mass is 16.6. The zero-order valence-corrected chi connectivity index (χ0v) is 15.0. The Morgan fingerprint density at radius 2 is 1.82 bits per heavy atom. The summed E-state index contributed by atoms with van der Waals surface area (Å²) in [7, 11) is 0. The SMILES string of the molecule is C=C1NC(=O)NC(c2ccc([N+](=O)[O-])cc2)C1C(=O)OCCc1ccccc1. The van der Waals surface area contributed by atoms with Crippen molar-refractivity contribution in [3.05, 3.63) is 88.1 Å². The Kier molecular flexibility index (Phi) is 5.69. The van der Waals surface area contributed by atoms with Crippen molar-refractivity contribution >= 4 is 17.7 Å². The molecule has 3 rings (SSSR count). The van der Waals surface area contributed by atoms with Gasteiger partial charge in [-0.1, -0.05) is 49.0 Å². The molecule has 2 aromatic rings. The lowest BCUT2D eigenvalue weighted by atomic mass is 9.89. The number of hydrogen-bond donors (Lipinski definition) is 2. The minimum absolute atomic E-state index is 0.0789. The molecule has 0 aliphatic carbocycles. The fraction of sp³-hybridized carbons (Fsp3) is 0.200. The highest BCUT2D eigenvalue weighted by Crippen LogP contribution is 2.31. The molecule has 0 bridgehead atoms. The van der Waals surface area contributed by atoms with Crippen LogP contribution in [-0.2, 0) is 16.0 Å². The fourth-order valence-electron chi connectivity index (χ4n) is 3.05. The first-order valence-electron chi connectivity index (χ1n) is 8.67. The van der Waals surface area contributed by atoms with E-state index in [-0.39, 0.29) is 18.0 Å². The quantitative estimate of drug-likeness (QED) is 0.454. The zero-order valence-electron chi connectivity index (χ0n) is 15.0. The second-order valence-electron chi connectivity index (χ2n) is 6.33. The maximum atomic E-state index is 12.7. The summed E-state index contributed by atoms with van der Waals surface area (Å²) >= 11 is 0. The van der Waals surface area contributed by atoms with Crippen molar-refractivity contribution in [3.8, 4) is 0 Å². The van der Waals surface area contributed by atoms with Gasteiger partial charge in [-0.05, 0) is 11.1 Å². The van der Waals surface area contributed by atoms with Gasteiger partial charge in [0.2, 0.25) is 0 Å². The summed E-state index contributed by atoms with van der Waals surface area (Å²) in [6.07, 6.45) is 0.563. The van der Waals surface area contributed by atoms with Gasteiger partial charge >= 0.3 is 12.0 Å². The molecule has 2 N–H and O–H groups in total. The molecule has 2 amide bonds. The zero-order chi connectivity index (χ0) is 20.1. The molecule has 0 spiro atoms. The number of rotatable bonds is 6. The van der Waals surface area contributed by atoms with E-state index in [1.165, 1.54) is 24.3 Å². The summed E-state index contributed by atoms with van der Waals surface area (Å²) in [4.78, 5) is 34.9. The number of esters is 1. The molecule has 8 nitrogen and oxygen atoms in total. The average Bonchev–Trinajstić information content (AvgIpc) is 2.68. The molecule has 1 saturated heterocycles. The standard InChI is InChI=1S/C20H19N3O5/c1-13-17(19(24)28-12-11-14-5-3-2-4-6-14)18(22-20(25)21-13)15-7-9-16(10-8-15)23(26)27/h2-10,17-18H,1,11-12H2,(H2,21,22,25). The summed E-state index contributed by atoms with van der Waals surface area (Å²) in [6.45, 7) is 3.96. The number of carbonyl (C=O) groups is 2. The number of carbonyl (C=O) groups excluding carboxylic acids is 2. The van der Waals surface area contributed by atoms with Crippen LogP contribution in [0.25, 0.3) is 0 Å². The number of ether oxygens (including phenoxy) is 1. The van der Waals surface area contributed by atoms with E-state index in [9.17, 15) is 19.7 Å². The first kappa shape index (κ1) is 19.1. The summed E-state index contributed by atoms with van der Waals surface area (Å²) < 4.78 is 5.41. The number of hydrogen-bond acceptors (Lipinski definition) is 5. The Labute approximate surface area is 161 Å². The van der Waals surface area contributed by atoms with Gasteiger partial charge in [-0.25, -0.2) is 4.79 Å². The predicted molar refractivity (Wildman–Crippen MR) is 101 cm³/mol. The van der Waals surface area contributed by atoms with Crippen molar-refractivity contribution in [2.45, 2.75) is 12.5 Å². The topological polar surface area (TPSA) is 111 Å². The van der Waals surface area contributed by atoms with Gasteiger partial charge in [-0.3, -0.25) is 14.9 Å². The van der Waals surface area contributed by atoms with Crippen molar-refractivity contribution in [1.82, 2.24) is 10.6 Å². The van der Waals surface area contributed by atoms with Gasteiger partial charge in [-0.15, -0.1) is 0 Å². The van der Waals surface area contributed by atoms with Crippen LogP contribution in [0.1, 0.15) is 17.2 Å². The van der Waals surface area contributed by atoms with Crippen LogP contribution in [0.4, 0.5) is 10.5 Å². The molecule has 1 aliphatic rings. The average molecular weight is 381 g/mol. The minimum atomic E-state index is -0.852. The van der Waals surface area contributed by atoms with Crippen molar-refractivity contribution in [3.63, 3.8) is 0 Å². The van der Waals surface area contributed by atoms with Crippen molar-refractivity contribution in [1.29, 1.82) is 0 Å². The van der Waals surface area contributed by atoms with E-state index in [4.69, 9.17) is 4.74 Å². The Morgan fingerprint density at radius 3 is 2.46 bits per heavy atom. The monoisotopic (exact) mass is 381 g/mol. The Morgan fingerprint density at radius 1 is 1.14 bits per heavy atom. The lowest BCUT2D eigenvalue weighted by molar-refractivity contribution is -0.384. The van der Waals surface area contributed by atoms with Crippen molar-refractivity contribution in [2.24, 2.45) is 5.92 Å². The Balaban J connectivity index is 1.73. The third kappa shape index (κ3) is 4.35. The van der Waals surface area contributed by atoms with E-state index in [0.29, 0.717) is 12.0 Å². The van der Waals surface area contributed by atoms with E-state index in [2.05, 4.69) is 17.2 Å². The molecule has 1 aliphatic heterocycles. The summed E-state index contributed by atoms with van der Waals surface area (Å²) in [6, 6.07) is 14.0. The van der Waals surface area contributed by atoms with Gasteiger partial charge in [0.05, 0.1) is 17.6 Å². The summed E-state index contributed by atoms with van der Waals surface area (Å²) in [5, 5.41) is 16.0. The first-order chi connectivity index (χ1) is 13.5. The van der Waals surface area contributed by atoms with Crippen LogP contribution >= 0.6 is 0 Å². The Bertz CT molecular complexity index is 896. The van der Waals surface area contributed by atoms with Gasteiger partial charge in [0.15, 0.2) is 0 Å². The van der Waals surface area contributed by atoms with Crippen LogP contribution < -0.4 is 10.6 Å². The lowest BCUT2D eigenvalue weighted by Gasteiger charge is -2.33. The molecule has 2 atom stereocenters. The van der Waals surface area contributed by atoms with Gasteiger partial charge in [0.25, 0.3) is 5.69 Å². The maximum absolute atomic E-state index is 12.7. The molecule has 1 fully saturated rings. The van der Waals surface area contributed by atoms with Crippen LogP contribution in [-0.4, -0.2) is 23.5 Å². The highest BCUT2D eigenvalue weighted by Gasteiger charge is 2.39.